The summed E-state index contributed by atoms with van der Waals surface area (Å²) >= 11 is 0. The summed E-state index contributed by atoms with van der Waals surface area (Å²) in [5, 5.41) is 0. The fourth-order valence-electron chi connectivity index (χ4n) is 3.47. The molecule has 0 spiro atoms. The van der Waals surface area contributed by atoms with E-state index in [1.54, 1.807) is 6.08 Å². The highest BCUT2D eigenvalue weighted by atomic mass is 14.0. The van der Waals surface area contributed by atoms with Crippen LogP contribution in [0, 0.1) is 41.5 Å². The molecule has 0 nitrogen and oxygen atoms in total. The van der Waals surface area contributed by atoms with Crippen LogP contribution in [-0.4, -0.2) is 0 Å². The molecule has 224 valence electrons. The van der Waals surface area contributed by atoms with Crippen LogP contribution in [0.3, 0.4) is 0 Å². The normalized spacial score (nSPS) is 9.14. The summed E-state index contributed by atoms with van der Waals surface area (Å²) in [6, 6.07) is 34.3. The highest BCUT2D eigenvalue weighted by Gasteiger charge is 1.91. The van der Waals surface area contributed by atoms with Crippen LogP contribution in [0.2, 0.25) is 0 Å². The van der Waals surface area contributed by atoms with Crippen LogP contribution in [0.15, 0.2) is 135 Å². The van der Waals surface area contributed by atoms with Crippen LogP contribution in [0.5, 0.6) is 0 Å². The molecule has 0 saturated carbocycles. The molecule has 0 saturated heterocycles. The third kappa shape index (κ3) is 21.9. The molecule has 0 N–H and O–H groups in total. The Morgan fingerprint density at radius 1 is 0.571 bits per heavy atom. The zero-order valence-electron chi connectivity index (χ0n) is 27.8. The van der Waals surface area contributed by atoms with Crippen molar-refractivity contribution in [3.8, 4) is 0 Å². The molecule has 0 aliphatic carbocycles. The van der Waals surface area contributed by atoms with Gasteiger partial charge in [-0.2, -0.15) is 0 Å². The summed E-state index contributed by atoms with van der Waals surface area (Å²) < 4.78 is 0. The predicted molar refractivity (Wildman–Crippen MR) is 192 cm³/mol. The summed E-state index contributed by atoms with van der Waals surface area (Å²) in [6.07, 6.45) is 8.35. The van der Waals surface area contributed by atoms with Gasteiger partial charge in [0.05, 0.1) is 0 Å². The maximum Gasteiger partial charge on any atom is -0.0276 e. The lowest BCUT2D eigenvalue weighted by Crippen LogP contribution is -1.84. The quantitative estimate of drug-likeness (QED) is 0.125. The molecule has 0 fully saturated rings. The molecule has 4 aromatic carbocycles. The van der Waals surface area contributed by atoms with Crippen LogP contribution < -0.4 is 0 Å². The van der Waals surface area contributed by atoms with E-state index in [1.807, 2.05) is 13.0 Å². The van der Waals surface area contributed by atoms with Gasteiger partial charge in [0.25, 0.3) is 0 Å². The van der Waals surface area contributed by atoms with Gasteiger partial charge < -0.3 is 0 Å². The molecular formula is C42H56. The molecule has 0 aliphatic heterocycles. The number of hydrogen-bond donors (Lipinski definition) is 0. The van der Waals surface area contributed by atoms with Gasteiger partial charge in [0.2, 0.25) is 0 Å². The van der Waals surface area contributed by atoms with E-state index in [0.29, 0.717) is 0 Å². The molecule has 0 aliphatic rings. The average molecular weight is 561 g/mol. The van der Waals surface area contributed by atoms with Gasteiger partial charge >= 0.3 is 0 Å². The van der Waals surface area contributed by atoms with Gasteiger partial charge in [0, 0.05) is 0 Å². The van der Waals surface area contributed by atoms with Crippen molar-refractivity contribution < 1.29 is 0 Å². The zero-order valence-corrected chi connectivity index (χ0v) is 27.8. The van der Waals surface area contributed by atoms with Gasteiger partial charge in [0.1, 0.15) is 0 Å². The highest BCUT2D eigenvalue weighted by molar-refractivity contribution is 5.22. The number of rotatable bonds is 6. The second-order valence-corrected chi connectivity index (χ2v) is 10.9. The Kier molecular flexibility index (Phi) is 21.6. The van der Waals surface area contributed by atoms with E-state index in [4.69, 9.17) is 0 Å². The molecule has 0 radical (unpaired) electrons. The Morgan fingerprint density at radius 3 is 1.21 bits per heavy atom. The predicted octanol–water partition coefficient (Wildman–Crippen LogP) is 12.4. The highest BCUT2D eigenvalue weighted by Crippen LogP contribution is 2.07. The second-order valence-electron chi connectivity index (χ2n) is 10.9. The smallest absolute Gasteiger partial charge is 0.0276 e. The first-order chi connectivity index (χ1) is 20.0. The van der Waals surface area contributed by atoms with Crippen molar-refractivity contribution >= 4 is 0 Å². The van der Waals surface area contributed by atoms with E-state index < -0.39 is 0 Å². The fraction of sp³-hybridized carbons (Fsp3) is 0.286. The summed E-state index contributed by atoms with van der Waals surface area (Å²) in [4.78, 5) is 0. The molecule has 0 heterocycles. The molecule has 0 unspecified atom stereocenters. The summed E-state index contributed by atoms with van der Waals surface area (Å²) in [7, 11) is 0. The Hall–Kier alpha value is -3.90. The SMILES string of the molecule is C=CC(=C)C.C=CCCCc1ccc(C)cc1.CCc1ccc(C)cc1.Cc1ccc(C)cc1.Cc1cccc(C)c1. The Morgan fingerprint density at radius 2 is 0.929 bits per heavy atom. The van der Waals surface area contributed by atoms with Crippen molar-refractivity contribution in [1.29, 1.82) is 0 Å². The van der Waals surface area contributed by atoms with E-state index >= 15 is 0 Å². The molecule has 0 aromatic heterocycles. The Labute approximate surface area is 259 Å². The maximum atomic E-state index is 3.71. The van der Waals surface area contributed by atoms with Crippen molar-refractivity contribution in [2.75, 3.05) is 0 Å². The van der Waals surface area contributed by atoms with Crippen molar-refractivity contribution in [2.45, 2.75) is 81.1 Å². The zero-order chi connectivity index (χ0) is 31.8. The van der Waals surface area contributed by atoms with E-state index in [-0.39, 0.29) is 0 Å². The molecule has 0 atom stereocenters. The van der Waals surface area contributed by atoms with E-state index in [9.17, 15) is 0 Å². The van der Waals surface area contributed by atoms with Crippen molar-refractivity contribution in [1.82, 2.24) is 0 Å². The molecule has 0 bridgehead atoms. The lowest BCUT2D eigenvalue weighted by molar-refractivity contribution is 0.844. The van der Waals surface area contributed by atoms with Crippen LogP contribution >= 0.6 is 0 Å². The van der Waals surface area contributed by atoms with Gasteiger partial charge in [-0.05, 0) is 85.3 Å². The molecule has 0 heteroatoms. The van der Waals surface area contributed by atoms with Gasteiger partial charge in [0.15, 0.2) is 0 Å². The van der Waals surface area contributed by atoms with Crippen LogP contribution in [0.4, 0.5) is 0 Å². The average Bonchev–Trinajstić information content (AvgIpc) is 2.97. The minimum atomic E-state index is 1.02. The van der Waals surface area contributed by atoms with Gasteiger partial charge in [-0.15, -0.1) is 6.58 Å². The minimum absolute atomic E-state index is 1.02. The van der Waals surface area contributed by atoms with Gasteiger partial charge in [-0.3, -0.25) is 0 Å². The number of benzene rings is 4. The largest absolute Gasteiger partial charge is 0.103 e. The van der Waals surface area contributed by atoms with E-state index in [0.717, 1.165) is 18.4 Å². The summed E-state index contributed by atoms with van der Waals surface area (Å²) in [5.41, 5.74) is 11.9. The van der Waals surface area contributed by atoms with E-state index in [2.05, 4.69) is 165 Å². The molecular weight excluding hydrogens is 504 g/mol. The Balaban J connectivity index is 0.000000513. The van der Waals surface area contributed by atoms with Crippen LogP contribution in [-0.2, 0) is 12.8 Å². The molecule has 4 rings (SSSR count). The Bertz CT molecular complexity index is 1210. The second kappa shape index (κ2) is 23.8. The third-order valence-electron chi connectivity index (χ3n) is 6.26. The van der Waals surface area contributed by atoms with Crippen LogP contribution in [0.1, 0.15) is 71.2 Å². The lowest BCUT2D eigenvalue weighted by Gasteiger charge is -1.99. The lowest BCUT2D eigenvalue weighted by atomic mass is 10.1. The van der Waals surface area contributed by atoms with Gasteiger partial charge in [-0.1, -0.05) is 168 Å². The van der Waals surface area contributed by atoms with E-state index in [1.165, 1.54) is 57.3 Å². The maximum absolute atomic E-state index is 3.71. The van der Waals surface area contributed by atoms with Crippen molar-refractivity contribution in [3.05, 3.63) is 179 Å². The number of unbranched alkanes of at least 4 members (excludes halogenated alkanes) is 1. The number of allylic oxidation sites excluding steroid dienone is 3. The van der Waals surface area contributed by atoms with Gasteiger partial charge in [-0.25, -0.2) is 0 Å². The standard InChI is InChI=1S/C12H16.C9H12.2C8H10.C5H8/c1-3-4-5-6-12-9-7-11(2)8-10-12;1-3-9-6-4-8(2)5-7-9;1-7-3-5-8(2)6-4-7;1-7-4-3-5-8(2)6-7;1-4-5(2)3/h3,7-10H,1,4-6H2,2H3;4-7H,3H2,1-2H3;2*3-6H,1-2H3;4H,1-2H2,3H3. The monoisotopic (exact) mass is 560 g/mol. The summed E-state index contributed by atoms with van der Waals surface area (Å²) in [5.74, 6) is 0. The first-order valence-corrected chi connectivity index (χ1v) is 15.1. The van der Waals surface area contributed by atoms with Crippen molar-refractivity contribution in [3.63, 3.8) is 0 Å². The molecule has 4 aromatic rings. The first kappa shape index (κ1) is 38.1. The molecule has 42 heavy (non-hydrogen) atoms. The summed E-state index contributed by atoms with van der Waals surface area (Å²) in [6.45, 7) is 27.4. The first-order valence-electron chi connectivity index (χ1n) is 15.1. The topological polar surface area (TPSA) is 0 Å². The minimum Gasteiger partial charge on any atom is -0.103 e. The third-order valence-corrected chi connectivity index (χ3v) is 6.26. The number of aryl methyl sites for hydroxylation is 8. The number of hydrogen-bond acceptors (Lipinski definition) is 0. The molecule has 0 amide bonds. The van der Waals surface area contributed by atoms with Crippen molar-refractivity contribution in [2.24, 2.45) is 0 Å². The van der Waals surface area contributed by atoms with Crippen LogP contribution in [0.25, 0.3) is 0 Å². The fourth-order valence-corrected chi connectivity index (χ4v) is 3.47.